The number of rotatable bonds is 8. The van der Waals surface area contributed by atoms with Crippen molar-refractivity contribution in [1.82, 2.24) is 9.55 Å². The third kappa shape index (κ3) is 4.72. The molecule has 7 nitrogen and oxygen atoms in total. The second-order valence-corrected chi connectivity index (χ2v) is 8.90. The molecule has 1 amide bonds. The van der Waals surface area contributed by atoms with Crippen molar-refractivity contribution in [1.29, 1.82) is 0 Å². The van der Waals surface area contributed by atoms with Gasteiger partial charge in [-0.05, 0) is 55.0 Å². The molecule has 1 fully saturated rings. The van der Waals surface area contributed by atoms with Crippen molar-refractivity contribution in [3.8, 4) is 11.5 Å². The Morgan fingerprint density at radius 1 is 1.06 bits per heavy atom. The number of methoxy groups -OCH3 is 1. The number of hydrogen-bond donors (Lipinski definition) is 1. The van der Waals surface area contributed by atoms with E-state index in [2.05, 4.69) is 0 Å². The van der Waals surface area contributed by atoms with Gasteiger partial charge >= 0.3 is 0 Å². The van der Waals surface area contributed by atoms with Crippen LogP contribution in [0.1, 0.15) is 23.7 Å². The third-order valence-electron chi connectivity index (χ3n) is 6.48. The number of carbonyl (C=O) groups excluding carboxylic acids is 1. The van der Waals surface area contributed by atoms with E-state index in [1.165, 1.54) is 0 Å². The first kappa shape index (κ1) is 22.9. The van der Waals surface area contributed by atoms with Crippen LogP contribution in [0.5, 0.6) is 11.5 Å². The fourth-order valence-corrected chi connectivity index (χ4v) is 4.66. The van der Waals surface area contributed by atoms with E-state index in [0.29, 0.717) is 19.5 Å². The first-order chi connectivity index (χ1) is 17.0. The van der Waals surface area contributed by atoms with Gasteiger partial charge in [-0.25, -0.2) is 4.98 Å². The number of carbonyl (C=O) groups is 1. The van der Waals surface area contributed by atoms with Crippen LogP contribution in [-0.2, 0) is 11.3 Å². The monoisotopic (exact) mass is 471 g/mol. The van der Waals surface area contributed by atoms with Gasteiger partial charge in [0.05, 0.1) is 24.7 Å². The predicted molar refractivity (Wildman–Crippen MR) is 135 cm³/mol. The number of aliphatic hydroxyl groups is 1. The molecule has 1 aliphatic heterocycles. The second-order valence-electron chi connectivity index (χ2n) is 8.90. The zero-order valence-electron chi connectivity index (χ0n) is 19.9. The second kappa shape index (κ2) is 9.80. The minimum Gasteiger partial charge on any atom is -0.497 e. The number of amides is 1. The number of fused-ring (bicyclic) bond motifs is 1. The van der Waals surface area contributed by atoms with Crippen molar-refractivity contribution >= 4 is 22.6 Å². The summed E-state index contributed by atoms with van der Waals surface area (Å²) in [6, 6.07) is 23.1. The van der Waals surface area contributed by atoms with Crippen molar-refractivity contribution < 1.29 is 19.4 Å². The average molecular weight is 472 g/mol. The molecule has 1 N–H and O–H groups in total. The van der Waals surface area contributed by atoms with Gasteiger partial charge in [-0.15, -0.1) is 0 Å². The number of aliphatic hydroxyl groups excluding tert-OH is 1. The Morgan fingerprint density at radius 3 is 2.57 bits per heavy atom. The Morgan fingerprint density at radius 2 is 1.80 bits per heavy atom. The van der Waals surface area contributed by atoms with Crippen LogP contribution in [0, 0.1) is 6.92 Å². The number of aromatic nitrogens is 2. The highest BCUT2D eigenvalue weighted by Crippen LogP contribution is 2.34. The maximum absolute atomic E-state index is 12.9. The summed E-state index contributed by atoms with van der Waals surface area (Å²) in [6.45, 7) is 3.01. The molecule has 2 atom stereocenters. The molecule has 0 spiro atoms. The standard InChI is InChI=1S/C28H29N3O4/c1-19-7-3-6-10-26(19)35-18-22(32)17-31-25-9-5-4-8-24(25)29-28(31)20-15-27(33)30(16-20)21-11-13-23(34-2)14-12-21/h3-14,20,22,32H,15-18H2,1-2H3. The molecule has 2 heterocycles. The fourth-order valence-electron chi connectivity index (χ4n) is 4.66. The summed E-state index contributed by atoms with van der Waals surface area (Å²) in [7, 11) is 1.62. The number of nitrogens with zero attached hydrogens (tertiary/aromatic N) is 3. The van der Waals surface area contributed by atoms with Gasteiger partial charge in [0.1, 0.15) is 30.0 Å². The van der Waals surface area contributed by atoms with Crippen molar-refractivity contribution in [2.24, 2.45) is 0 Å². The summed E-state index contributed by atoms with van der Waals surface area (Å²) in [5.41, 5.74) is 3.65. The minimum absolute atomic E-state index is 0.0576. The largest absolute Gasteiger partial charge is 0.497 e. The number of anilines is 1. The maximum atomic E-state index is 12.9. The van der Waals surface area contributed by atoms with Crippen LogP contribution < -0.4 is 14.4 Å². The van der Waals surface area contributed by atoms with Crippen molar-refractivity contribution in [2.45, 2.75) is 31.9 Å². The smallest absolute Gasteiger partial charge is 0.227 e. The molecule has 180 valence electrons. The lowest BCUT2D eigenvalue weighted by atomic mass is 10.1. The van der Waals surface area contributed by atoms with Gasteiger partial charge in [-0.3, -0.25) is 4.79 Å². The molecule has 1 saturated heterocycles. The van der Waals surface area contributed by atoms with Crippen molar-refractivity contribution in [3.05, 3.63) is 84.2 Å². The summed E-state index contributed by atoms with van der Waals surface area (Å²) in [5, 5.41) is 10.9. The van der Waals surface area contributed by atoms with Gasteiger partial charge < -0.3 is 24.0 Å². The molecule has 1 aliphatic rings. The average Bonchev–Trinajstić information content (AvgIpc) is 3.44. The van der Waals surface area contributed by atoms with Gasteiger partial charge in [-0.2, -0.15) is 0 Å². The molecule has 2 unspecified atom stereocenters. The quantitative estimate of drug-likeness (QED) is 0.414. The van der Waals surface area contributed by atoms with Gasteiger partial charge in [0.15, 0.2) is 0 Å². The molecule has 35 heavy (non-hydrogen) atoms. The van der Waals surface area contributed by atoms with Gasteiger partial charge in [0, 0.05) is 24.6 Å². The predicted octanol–water partition coefficient (Wildman–Crippen LogP) is 4.31. The Hall–Kier alpha value is -3.84. The van der Waals surface area contributed by atoms with E-state index >= 15 is 0 Å². The first-order valence-electron chi connectivity index (χ1n) is 11.8. The highest BCUT2D eigenvalue weighted by atomic mass is 16.5. The number of imidazole rings is 1. The number of para-hydroxylation sites is 3. The van der Waals surface area contributed by atoms with Crippen molar-refractivity contribution in [3.63, 3.8) is 0 Å². The van der Waals surface area contributed by atoms with Crippen LogP contribution >= 0.6 is 0 Å². The molecule has 1 aromatic heterocycles. The fraction of sp³-hybridized carbons (Fsp3) is 0.286. The molecule has 3 aromatic carbocycles. The molecular weight excluding hydrogens is 442 g/mol. The molecule has 0 aliphatic carbocycles. The zero-order valence-corrected chi connectivity index (χ0v) is 19.9. The lowest BCUT2D eigenvalue weighted by molar-refractivity contribution is -0.117. The normalized spacial score (nSPS) is 16.6. The SMILES string of the molecule is COc1ccc(N2CC(c3nc4ccccc4n3CC(O)COc3ccccc3C)CC2=O)cc1. The van der Waals surface area contributed by atoms with Crippen molar-refractivity contribution in [2.75, 3.05) is 25.2 Å². The summed E-state index contributed by atoms with van der Waals surface area (Å²) >= 11 is 0. The highest BCUT2D eigenvalue weighted by molar-refractivity contribution is 5.96. The van der Waals surface area contributed by atoms with Gasteiger partial charge in [-0.1, -0.05) is 30.3 Å². The number of aryl methyl sites for hydroxylation is 1. The molecule has 4 aromatic rings. The number of hydrogen-bond acceptors (Lipinski definition) is 5. The van der Waals surface area contributed by atoms with Crippen LogP contribution in [-0.4, -0.2) is 46.9 Å². The Labute approximate surface area is 204 Å². The molecule has 5 rings (SSSR count). The molecule has 0 bridgehead atoms. The van der Waals surface area contributed by atoms with Crippen LogP contribution in [0.25, 0.3) is 11.0 Å². The van der Waals surface area contributed by atoms with Crippen LogP contribution in [0.2, 0.25) is 0 Å². The van der Waals surface area contributed by atoms with Crippen LogP contribution in [0.3, 0.4) is 0 Å². The summed E-state index contributed by atoms with van der Waals surface area (Å²) in [4.78, 5) is 19.6. The van der Waals surface area contributed by atoms with E-state index in [1.807, 2.05) is 84.3 Å². The third-order valence-corrected chi connectivity index (χ3v) is 6.48. The minimum atomic E-state index is -0.735. The summed E-state index contributed by atoms with van der Waals surface area (Å²) < 4.78 is 13.2. The molecule has 0 saturated carbocycles. The highest BCUT2D eigenvalue weighted by Gasteiger charge is 2.35. The van der Waals surface area contributed by atoms with E-state index < -0.39 is 6.10 Å². The Kier molecular flexibility index (Phi) is 6.42. The lowest BCUT2D eigenvalue weighted by Gasteiger charge is -2.19. The zero-order chi connectivity index (χ0) is 24.4. The Bertz CT molecular complexity index is 1330. The van der Waals surface area contributed by atoms with Gasteiger partial charge in [0.2, 0.25) is 5.91 Å². The lowest BCUT2D eigenvalue weighted by Crippen LogP contribution is -2.26. The molecular formula is C28H29N3O4. The van der Waals surface area contributed by atoms with E-state index in [9.17, 15) is 9.90 Å². The maximum Gasteiger partial charge on any atom is 0.227 e. The molecule has 7 heteroatoms. The van der Waals surface area contributed by atoms with E-state index in [-0.39, 0.29) is 18.4 Å². The number of ether oxygens (including phenoxy) is 2. The number of benzene rings is 3. The van der Waals surface area contributed by atoms with Crippen LogP contribution in [0.15, 0.2) is 72.8 Å². The first-order valence-corrected chi connectivity index (χ1v) is 11.8. The van der Waals surface area contributed by atoms with E-state index in [4.69, 9.17) is 14.5 Å². The topological polar surface area (TPSA) is 76.8 Å². The van der Waals surface area contributed by atoms with Crippen LogP contribution in [0.4, 0.5) is 5.69 Å². The van der Waals surface area contributed by atoms with E-state index in [1.54, 1.807) is 12.0 Å². The summed E-state index contributed by atoms with van der Waals surface area (Å²) in [6.07, 6.45) is -0.369. The summed E-state index contributed by atoms with van der Waals surface area (Å²) in [5.74, 6) is 2.30. The van der Waals surface area contributed by atoms with Gasteiger partial charge in [0.25, 0.3) is 0 Å². The van der Waals surface area contributed by atoms with E-state index in [0.717, 1.165) is 39.6 Å². The Balaban J connectivity index is 1.37. The molecule has 0 radical (unpaired) electrons.